The molecule has 0 bridgehead atoms. The van der Waals surface area contributed by atoms with E-state index in [-0.39, 0.29) is 17.6 Å². The summed E-state index contributed by atoms with van der Waals surface area (Å²) < 4.78 is 0. The molecule has 0 saturated carbocycles. The first-order valence-corrected chi connectivity index (χ1v) is 3.08. The molecule has 0 aliphatic rings. The molecule has 0 spiro atoms. The van der Waals surface area contributed by atoms with Gasteiger partial charge in [-0.2, -0.15) is 5.26 Å². The maximum Gasteiger partial charge on any atom is 0.232 e. The molecule has 10 heavy (non-hydrogen) atoms. The van der Waals surface area contributed by atoms with Crippen molar-refractivity contribution in [2.24, 2.45) is 5.41 Å². The number of carbonyl (C=O) groups excluding carboxylic acids is 1. The van der Waals surface area contributed by atoms with Gasteiger partial charge in [-0.15, -0.1) is 6.58 Å². The van der Waals surface area contributed by atoms with Gasteiger partial charge in [-0.25, -0.2) is 0 Å². The van der Waals surface area contributed by atoms with Crippen molar-refractivity contribution in [3.05, 3.63) is 12.7 Å². The first kappa shape index (κ1) is 8.90. The molecule has 0 unspecified atom stereocenters. The van der Waals surface area contributed by atoms with Crippen molar-refractivity contribution in [3.8, 4) is 6.07 Å². The van der Waals surface area contributed by atoms with E-state index in [0.717, 1.165) is 0 Å². The summed E-state index contributed by atoms with van der Waals surface area (Å²) in [4.78, 5) is 10.6. The third-order valence-electron chi connectivity index (χ3n) is 1.29. The van der Waals surface area contributed by atoms with Crippen molar-refractivity contribution in [2.75, 3.05) is 0 Å². The van der Waals surface area contributed by atoms with Gasteiger partial charge in [0.2, 0.25) is 5.78 Å². The molecular weight excluding hydrogens is 126 g/mol. The molecule has 0 aromatic rings. The lowest BCUT2D eigenvalue weighted by molar-refractivity contribution is -0.115. The number of nitrogens with zero attached hydrogens (tertiary/aromatic N) is 1. The molecule has 0 aliphatic heterocycles. The van der Waals surface area contributed by atoms with Gasteiger partial charge in [-0.1, -0.05) is 19.9 Å². The molecule has 0 amide bonds. The Kier molecular flexibility index (Phi) is 2.82. The molecular formula is C8H11NO. The van der Waals surface area contributed by atoms with Crippen LogP contribution >= 0.6 is 0 Å². The molecule has 2 heteroatoms. The Hall–Kier alpha value is -1.10. The predicted octanol–water partition coefficient (Wildman–Crippen LogP) is 1.68. The smallest absolute Gasteiger partial charge is 0.232 e. The maximum atomic E-state index is 10.6. The van der Waals surface area contributed by atoms with Crippen molar-refractivity contribution < 1.29 is 4.79 Å². The number of nitriles is 1. The van der Waals surface area contributed by atoms with Gasteiger partial charge in [0.05, 0.1) is 0 Å². The highest BCUT2D eigenvalue weighted by molar-refractivity contribution is 5.93. The summed E-state index contributed by atoms with van der Waals surface area (Å²) in [5.74, 6) is -0.384. The van der Waals surface area contributed by atoms with Crippen LogP contribution in [-0.4, -0.2) is 5.78 Å². The van der Waals surface area contributed by atoms with E-state index < -0.39 is 0 Å². The molecule has 0 radical (unpaired) electrons. The average Bonchev–Trinajstić information content (AvgIpc) is 1.87. The molecule has 0 atom stereocenters. The summed E-state index contributed by atoms with van der Waals surface area (Å²) in [6.07, 6.45) is 1.94. The van der Waals surface area contributed by atoms with E-state index in [1.807, 2.05) is 13.8 Å². The minimum absolute atomic E-state index is 0.243. The summed E-state index contributed by atoms with van der Waals surface area (Å²) >= 11 is 0. The van der Waals surface area contributed by atoms with Crippen molar-refractivity contribution in [1.82, 2.24) is 0 Å². The number of ketones is 1. The minimum Gasteiger partial charge on any atom is -0.283 e. The zero-order chi connectivity index (χ0) is 8.20. The second kappa shape index (κ2) is 3.17. The fraction of sp³-hybridized carbons (Fsp3) is 0.500. The summed E-state index contributed by atoms with van der Waals surface area (Å²) in [6, 6.07) is 1.57. The predicted molar refractivity (Wildman–Crippen MR) is 39.2 cm³/mol. The number of rotatable bonds is 3. The lowest BCUT2D eigenvalue weighted by atomic mass is 9.88. The van der Waals surface area contributed by atoms with Crippen LogP contribution in [-0.2, 0) is 4.79 Å². The van der Waals surface area contributed by atoms with Crippen LogP contribution in [0.4, 0.5) is 0 Å². The third kappa shape index (κ3) is 3.03. The van der Waals surface area contributed by atoms with Crippen molar-refractivity contribution in [1.29, 1.82) is 5.26 Å². The van der Waals surface area contributed by atoms with Gasteiger partial charge in [0.1, 0.15) is 6.07 Å². The summed E-state index contributed by atoms with van der Waals surface area (Å²) in [7, 11) is 0. The number of Topliss-reactive ketones (excluding diaryl/α,β-unsaturated/α-hetero) is 1. The molecule has 0 fully saturated rings. The SMILES string of the molecule is C=CC(C)(C)CC(=O)C#N. The highest BCUT2D eigenvalue weighted by atomic mass is 16.1. The highest BCUT2D eigenvalue weighted by Crippen LogP contribution is 2.20. The summed E-state index contributed by atoms with van der Waals surface area (Å²) in [6.45, 7) is 7.30. The topological polar surface area (TPSA) is 40.9 Å². The van der Waals surface area contributed by atoms with Crippen LogP contribution in [0.25, 0.3) is 0 Å². The van der Waals surface area contributed by atoms with Gasteiger partial charge >= 0.3 is 0 Å². The summed E-state index contributed by atoms with van der Waals surface area (Å²) in [5, 5.41) is 8.16. The van der Waals surface area contributed by atoms with E-state index in [2.05, 4.69) is 6.58 Å². The Labute approximate surface area is 61.2 Å². The Morgan fingerprint density at radius 3 is 2.60 bits per heavy atom. The summed E-state index contributed by atoms with van der Waals surface area (Å²) in [5.41, 5.74) is -0.243. The molecule has 0 N–H and O–H groups in total. The fourth-order valence-electron chi connectivity index (χ4n) is 0.526. The lowest BCUT2D eigenvalue weighted by Gasteiger charge is -2.15. The Morgan fingerprint density at radius 1 is 1.80 bits per heavy atom. The highest BCUT2D eigenvalue weighted by Gasteiger charge is 2.16. The Morgan fingerprint density at radius 2 is 2.30 bits per heavy atom. The largest absolute Gasteiger partial charge is 0.283 e. The lowest BCUT2D eigenvalue weighted by Crippen LogP contribution is -2.12. The van der Waals surface area contributed by atoms with Gasteiger partial charge < -0.3 is 0 Å². The monoisotopic (exact) mass is 137 g/mol. The van der Waals surface area contributed by atoms with Crippen molar-refractivity contribution in [2.45, 2.75) is 20.3 Å². The molecule has 0 aliphatic carbocycles. The van der Waals surface area contributed by atoms with E-state index >= 15 is 0 Å². The Bertz CT molecular complexity index is 186. The van der Waals surface area contributed by atoms with Crippen LogP contribution in [0.1, 0.15) is 20.3 Å². The maximum absolute atomic E-state index is 10.6. The van der Waals surface area contributed by atoms with Gasteiger partial charge in [0.25, 0.3) is 0 Å². The van der Waals surface area contributed by atoms with Gasteiger partial charge in [0, 0.05) is 6.42 Å². The quantitative estimate of drug-likeness (QED) is 0.438. The van der Waals surface area contributed by atoms with E-state index in [9.17, 15) is 4.79 Å². The van der Waals surface area contributed by atoms with Crippen LogP contribution in [0, 0.1) is 16.7 Å². The molecule has 0 saturated heterocycles. The van der Waals surface area contributed by atoms with Crippen LogP contribution < -0.4 is 0 Å². The van der Waals surface area contributed by atoms with Crippen LogP contribution in [0.5, 0.6) is 0 Å². The van der Waals surface area contributed by atoms with Gasteiger partial charge in [-0.3, -0.25) is 4.79 Å². The zero-order valence-corrected chi connectivity index (χ0v) is 6.35. The normalized spacial score (nSPS) is 10.1. The van der Waals surface area contributed by atoms with Crippen LogP contribution in [0.3, 0.4) is 0 Å². The first-order valence-electron chi connectivity index (χ1n) is 3.08. The Balaban J connectivity index is 4.04. The number of carbonyl (C=O) groups is 1. The van der Waals surface area contributed by atoms with E-state index in [1.165, 1.54) is 0 Å². The first-order chi connectivity index (χ1) is 4.52. The van der Waals surface area contributed by atoms with Crippen LogP contribution in [0.15, 0.2) is 12.7 Å². The van der Waals surface area contributed by atoms with Gasteiger partial charge in [0.15, 0.2) is 0 Å². The fourth-order valence-corrected chi connectivity index (χ4v) is 0.526. The second-order valence-electron chi connectivity index (χ2n) is 2.90. The number of allylic oxidation sites excluding steroid dienone is 1. The second-order valence-corrected chi connectivity index (χ2v) is 2.90. The van der Waals surface area contributed by atoms with Crippen LogP contribution in [0.2, 0.25) is 0 Å². The molecule has 0 aromatic heterocycles. The van der Waals surface area contributed by atoms with Crippen molar-refractivity contribution in [3.63, 3.8) is 0 Å². The standard InChI is InChI=1S/C8H11NO/c1-4-8(2,3)5-7(10)6-9/h4H,1,5H2,2-3H3. The van der Waals surface area contributed by atoms with Gasteiger partial charge in [-0.05, 0) is 5.41 Å². The molecule has 0 heterocycles. The molecule has 54 valence electrons. The van der Waals surface area contributed by atoms with Crippen molar-refractivity contribution >= 4 is 5.78 Å². The minimum atomic E-state index is -0.384. The average molecular weight is 137 g/mol. The van der Waals surface area contributed by atoms with E-state index in [4.69, 9.17) is 5.26 Å². The van der Waals surface area contributed by atoms with E-state index in [1.54, 1.807) is 12.1 Å². The number of hydrogen-bond donors (Lipinski definition) is 0. The van der Waals surface area contributed by atoms with E-state index in [0.29, 0.717) is 0 Å². The zero-order valence-electron chi connectivity index (χ0n) is 6.35. The molecule has 0 aromatic carbocycles. The molecule has 2 nitrogen and oxygen atoms in total. The number of hydrogen-bond acceptors (Lipinski definition) is 2. The third-order valence-corrected chi connectivity index (χ3v) is 1.29. The molecule has 0 rings (SSSR count).